The fourth-order valence-electron chi connectivity index (χ4n) is 2.29. The molecule has 0 radical (unpaired) electrons. The normalized spacial score (nSPS) is 13.8. The predicted octanol–water partition coefficient (Wildman–Crippen LogP) is 2.80. The van der Waals surface area contributed by atoms with E-state index in [1.165, 1.54) is 6.33 Å². The molecule has 0 amide bonds. The number of nitrogens with one attached hydrogen (secondary N) is 1. The van der Waals surface area contributed by atoms with Gasteiger partial charge < -0.3 is 10.4 Å². The van der Waals surface area contributed by atoms with Gasteiger partial charge in [0.05, 0.1) is 12.6 Å². The maximum atomic E-state index is 9.73. The van der Waals surface area contributed by atoms with Gasteiger partial charge in [-0.2, -0.15) is 19.6 Å². The van der Waals surface area contributed by atoms with Gasteiger partial charge in [-0.1, -0.05) is 46.2 Å². The molecule has 0 aliphatic carbocycles. The molecule has 0 fully saturated rings. The maximum Gasteiger partial charge on any atom is 0.255 e. The van der Waals surface area contributed by atoms with Gasteiger partial charge >= 0.3 is 0 Å². The van der Waals surface area contributed by atoms with E-state index in [1.807, 2.05) is 0 Å². The van der Waals surface area contributed by atoms with Crippen molar-refractivity contribution in [1.29, 1.82) is 0 Å². The molecule has 6 nitrogen and oxygen atoms in total. The predicted molar refractivity (Wildman–Crippen MR) is 88.3 cm³/mol. The Morgan fingerprint density at radius 1 is 1.36 bits per heavy atom. The molecule has 1 atom stereocenters. The number of fused-ring (bicyclic) bond motifs is 1. The maximum absolute atomic E-state index is 9.73. The van der Waals surface area contributed by atoms with E-state index in [2.05, 4.69) is 55.0 Å². The lowest BCUT2D eigenvalue weighted by atomic mass is 9.87. The van der Waals surface area contributed by atoms with E-state index >= 15 is 0 Å². The largest absolute Gasteiger partial charge is 0.394 e. The molecule has 2 heterocycles. The standard InChI is InChI=1S/C15H24ClN5O/c1-9(2)6-10-12(16)20-14-17-8-18-21(14)13(10)19-11(7-22)15(3,4)5/h8-9,11,19,22H,6-7H2,1-5H3. The number of nitrogens with zero attached hydrogens (tertiary/aromatic N) is 4. The van der Waals surface area contributed by atoms with Crippen molar-refractivity contribution >= 4 is 23.2 Å². The summed E-state index contributed by atoms with van der Waals surface area (Å²) < 4.78 is 1.65. The van der Waals surface area contributed by atoms with Gasteiger partial charge in [0.1, 0.15) is 17.3 Å². The Hall–Kier alpha value is -1.40. The van der Waals surface area contributed by atoms with E-state index < -0.39 is 0 Å². The molecule has 2 N–H and O–H groups in total. The summed E-state index contributed by atoms with van der Waals surface area (Å²) in [4.78, 5) is 8.41. The summed E-state index contributed by atoms with van der Waals surface area (Å²) in [5.41, 5.74) is 0.782. The summed E-state index contributed by atoms with van der Waals surface area (Å²) in [6.45, 7) is 10.5. The zero-order chi connectivity index (χ0) is 16.5. The molecule has 0 aliphatic rings. The van der Waals surface area contributed by atoms with E-state index in [1.54, 1.807) is 4.52 Å². The minimum Gasteiger partial charge on any atom is -0.394 e. The van der Waals surface area contributed by atoms with Crippen molar-refractivity contribution in [3.63, 3.8) is 0 Å². The van der Waals surface area contributed by atoms with Crippen LogP contribution in [-0.4, -0.2) is 37.3 Å². The van der Waals surface area contributed by atoms with E-state index in [4.69, 9.17) is 11.6 Å². The highest BCUT2D eigenvalue weighted by Crippen LogP contribution is 2.29. The molecule has 0 spiro atoms. The van der Waals surface area contributed by atoms with Gasteiger partial charge in [0.15, 0.2) is 0 Å². The first-order chi connectivity index (χ1) is 10.2. The third-order valence-electron chi connectivity index (χ3n) is 3.63. The molecule has 2 aromatic rings. The molecule has 2 aromatic heterocycles. The number of hydrogen-bond donors (Lipinski definition) is 2. The Morgan fingerprint density at radius 2 is 2.05 bits per heavy atom. The second kappa shape index (κ2) is 6.38. The van der Waals surface area contributed by atoms with Crippen molar-refractivity contribution in [1.82, 2.24) is 19.6 Å². The summed E-state index contributed by atoms with van der Waals surface area (Å²) >= 11 is 6.36. The Labute approximate surface area is 135 Å². The molecule has 0 saturated heterocycles. The van der Waals surface area contributed by atoms with Crippen LogP contribution in [-0.2, 0) is 6.42 Å². The Kier molecular flexibility index (Phi) is 4.92. The first kappa shape index (κ1) is 17.0. The third-order valence-corrected chi connectivity index (χ3v) is 3.94. The monoisotopic (exact) mass is 325 g/mol. The fourth-order valence-corrected chi connectivity index (χ4v) is 2.53. The molecule has 122 valence electrons. The highest BCUT2D eigenvalue weighted by Gasteiger charge is 2.27. The number of aromatic nitrogens is 4. The van der Waals surface area contributed by atoms with Gasteiger partial charge in [0.25, 0.3) is 5.78 Å². The van der Waals surface area contributed by atoms with Crippen molar-refractivity contribution in [2.75, 3.05) is 11.9 Å². The molecule has 7 heteroatoms. The smallest absolute Gasteiger partial charge is 0.255 e. The van der Waals surface area contributed by atoms with Crippen LogP contribution >= 0.6 is 11.6 Å². The van der Waals surface area contributed by atoms with Crippen LogP contribution in [0.25, 0.3) is 5.78 Å². The second-order valence-corrected chi connectivity index (χ2v) is 7.40. The highest BCUT2D eigenvalue weighted by molar-refractivity contribution is 6.30. The number of aliphatic hydroxyl groups excluding tert-OH is 1. The Bertz CT molecular complexity index is 647. The first-order valence-corrected chi connectivity index (χ1v) is 7.87. The van der Waals surface area contributed by atoms with Crippen LogP contribution in [0.4, 0.5) is 5.82 Å². The van der Waals surface area contributed by atoms with Crippen LogP contribution in [0.3, 0.4) is 0 Å². The summed E-state index contributed by atoms with van der Waals surface area (Å²) in [5, 5.41) is 17.8. The molecule has 0 bridgehead atoms. The quantitative estimate of drug-likeness (QED) is 0.827. The molecule has 1 unspecified atom stereocenters. The van der Waals surface area contributed by atoms with Crippen LogP contribution in [0.15, 0.2) is 6.33 Å². The summed E-state index contributed by atoms with van der Waals surface area (Å²) in [6.07, 6.45) is 2.22. The SMILES string of the molecule is CC(C)Cc1c(Cl)nc2ncnn2c1NC(CO)C(C)(C)C. The number of aliphatic hydroxyl groups is 1. The molecule has 22 heavy (non-hydrogen) atoms. The average Bonchev–Trinajstić information content (AvgIpc) is 2.84. The topological polar surface area (TPSA) is 75.3 Å². The van der Waals surface area contributed by atoms with Crippen LogP contribution in [0.1, 0.15) is 40.2 Å². The van der Waals surface area contributed by atoms with Crippen molar-refractivity contribution in [2.45, 2.75) is 47.1 Å². The number of rotatable bonds is 5. The number of halogens is 1. The van der Waals surface area contributed by atoms with Gasteiger partial charge in [-0.25, -0.2) is 0 Å². The average molecular weight is 326 g/mol. The lowest BCUT2D eigenvalue weighted by Crippen LogP contribution is -2.38. The lowest BCUT2D eigenvalue weighted by Gasteiger charge is -2.31. The van der Waals surface area contributed by atoms with E-state index in [0.29, 0.717) is 16.8 Å². The van der Waals surface area contributed by atoms with E-state index in [0.717, 1.165) is 17.8 Å². The Balaban J connectivity index is 2.55. The van der Waals surface area contributed by atoms with Gasteiger partial charge in [-0.3, -0.25) is 0 Å². The Morgan fingerprint density at radius 3 is 2.59 bits per heavy atom. The summed E-state index contributed by atoms with van der Waals surface area (Å²) in [7, 11) is 0. The van der Waals surface area contributed by atoms with E-state index in [-0.39, 0.29) is 18.1 Å². The van der Waals surface area contributed by atoms with Crippen LogP contribution in [0.5, 0.6) is 0 Å². The number of anilines is 1. The summed E-state index contributed by atoms with van der Waals surface area (Å²) in [5.74, 6) is 1.63. The van der Waals surface area contributed by atoms with Gasteiger partial charge in [-0.05, 0) is 17.8 Å². The zero-order valence-electron chi connectivity index (χ0n) is 13.8. The first-order valence-electron chi connectivity index (χ1n) is 7.49. The third kappa shape index (κ3) is 3.50. The van der Waals surface area contributed by atoms with Crippen LogP contribution in [0.2, 0.25) is 5.15 Å². The van der Waals surface area contributed by atoms with Crippen molar-refractivity contribution in [3.8, 4) is 0 Å². The van der Waals surface area contributed by atoms with Gasteiger partial charge in [-0.15, -0.1) is 0 Å². The van der Waals surface area contributed by atoms with Gasteiger partial charge in [0, 0.05) is 5.56 Å². The second-order valence-electron chi connectivity index (χ2n) is 7.05. The zero-order valence-corrected chi connectivity index (χ0v) is 14.5. The van der Waals surface area contributed by atoms with Crippen molar-refractivity contribution in [3.05, 3.63) is 17.0 Å². The van der Waals surface area contributed by atoms with Gasteiger partial charge in [0.2, 0.25) is 0 Å². The van der Waals surface area contributed by atoms with Crippen molar-refractivity contribution < 1.29 is 5.11 Å². The molecule has 0 aromatic carbocycles. The molecular weight excluding hydrogens is 302 g/mol. The molecule has 2 rings (SSSR count). The minimum absolute atomic E-state index is 0.0146. The van der Waals surface area contributed by atoms with Crippen molar-refractivity contribution in [2.24, 2.45) is 11.3 Å². The molecular formula is C15H24ClN5O. The molecule has 0 saturated carbocycles. The molecule has 0 aliphatic heterocycles. The van der Waals surface area contributed by atoms with Crippen LogP contribution < -0.4 is 5.32 Å². The highest BCUT2D eigenvalue weighted by atomic mass is 35.5. The lowest BCUT2D eigenvalue weighted by molar-refractivity contribution is 0.201. The van der Waals surface area contributed by atoms with Crippen LogP contribution in [0, 0.1) is 11.3 Å². The minimum atomic E-state index is -0.135. The number of hydrogen-bond acceptors (Lipinski definition) is 5. The fraction of sp³-hybridized carbons (Fsp3) is 0.667. The summed E-state index contributed by atoms with van der Waals surface area (Å²) in [6, 6.07) is -0.135. The van der Waals surface area contributed by atoms with E-state index in [9.17, 15) is 5.11 Å².